The highest BCUT2D eigenvalue weighted by Crippen LogP contribution is 2.31. The van der Waals surface area contributed by atoms with Gasteiger partial charge >= 0.3 is 0 Å². The number of anilines is 1. The molecule has 0 spiro atoms. The largest absolute Gasteiger partial charge is 0.396 e. The highest BCUT2D eigenvalue weighted by atomic mass is 32.1. The number of fused-ring (bicyclic) bond motifs is 1. The summed E-state index contributed by atoms with van der Waals surface area (Å²) in [6, 6.07) is 3.74. The molecular formula is C14H19N3O2S. The Balaban J connectivity index is 2.14. The molecule has 0 atom stereocenters. The van der Waals surface area contributed by atoms with Crippen molar-refractivity contribution < 1.29 is 9.53 Å². The van der Waals surface area contributed by atoms with Crippen molar-refractivity contribution in [2.75, 3.05) is 18.9 Å². The summed E-state index contributed by atoms with van der Waals surface area (Å²) < 4.78 is 6.47. The van der Waals surface area contributed by atoms with Gasteiger partial charge in [0.1, 0.15) is 10.4 Å². The minimum Gasteiger partial charge on any atom is -0.396 e. The SMILES string of the molecule is CCOC(C)(C)CNC(=O)c1sc2cccnc2c1N. The fourth-order valence-corrected chi connectivity index (χ4v) is 2.93. The summed E-state index contributed by atoms with van der Waals surface area (Å²) in [5.74, 6) is -0.182. The molecule has 1 amide bonds. The van der Waals surface area contributed by atoms with Crippen LogP contribution in [0.1, 0.15) is 30.4 Å². The van der Waals surface area contributed by atoms with E-state index in [9.17, 15) is 4.79 Å². The Hall–Kier alpha value is -1.66. The molecule has 2 heterocycles. The van der Waals surface area contributed by atoms with Crippen LogP contribution in [0.4, 0.5) is 5.69 Å². The molecule has 2 aromatic heterocycles. The van der Waals surface area contributed by atoms with Crippen molar-refractivity contribution in [3.63, 3.8) is 0 Å². The van der Waals surface area contributed by atoms with Gasteiger partial charge in [0.15, 0.2) is 0 Å². The van der Waals surface area contributed by atoms with Crippen molar-refractivity contribution in [3.05, 3.63) is 23.2 Å². The Bertz CT molecular complexity index is 622. The van der Waals surface area contributed by atoms with Crippen LogP contribution in [-0.2, 0) is 4.74 Å². The number of hydrogen-bond donors (Lipinski definition) is 2. The standard InChI is InChI=1S/C14H19N3O2S/c1-4-19-14(2,3)8-17-13(18)12-10(15)11-9(20-12)6-5-7-16-11/h5-7H,4,8,15H2,1-3H3,(H,17,18). The van der Waals surface area contributed by atoms with Crippen molar-refractivity contribution >= 4 is 33.1 Å². The van der Waals surface area contributed by atoms with Crippen LogP contribution < -0.4 is 11.1 Å². The smallest absolute Gasteiger partial charge is 0.263 e. The molecule has 0 bridgehead atoms. The van der Waals surface area contributed by atoms with Crippen LogP contribution in [-0.4, -0.2) is 29.6 Å². The number of ether oxygens (including phenoxy) is 1. The average Bonchev–Trinajstić information content (AvgIpc) is 2.74. The highest BCUT2D eigenvalue weighted by molar-refractivity contribution is 7.21. The molecule has 0 saturated heterocycles. The van der Waals surface area contributed by atoms with E-state index in [-0.39, 0.29) is 5.91 Å². The van der Waals surface area contributed by atoms with E-state index in [1.165, 1.54) is 11.3 Å². The van der Waals surface area contributed by atoms with Crippen LogP contribution in [0.15, 0.2) is 18.3 Å². The van der Waals surface area contributed by atoms with Crippen molar-refractivity contribution in [1.29, 1.82) is 0 Å². The van der Waals surface area contributed by atoms with Gasteiger partial charge in [0.25, 0.3) is 5.91 Å². The number of nitrogens with one attached hydrogen (secondary N) is 1. The molecule has 3 N–H and O–H groups in total. The quantitative estimate of drug-likeness (QED) is 0.887. The van der Waals surface area contributed by atoms with Crippen LogP contribution in [0.5, 0.6) is 0 Å². The van der Waals surface area contributed by atoms with Gasteiger partial charge in [-0.1, -0.05) is 0 Å². The van der Waals surface area contributed by atoms with Crippen LogP contribution in [0, 0.1) is 0 Å². The van der Waals surface area contributed by atoms with E-state index in [0.29, 0.717) is 29.2 Å². The minimum atomic E-state index is -0.395. The summed E-state index contributed by atoms with van der Waals surface area (Å²) >= 11 is 1.36. The van der Waals surface area contributed by atoms with Gasteiger partial charge in [-0.2, -0.15) is 0 Å². The summed E-state index contributed by atoms with van der Waals surface area (Å²) in [5.41, 5.74) is 6.73. The summed E-state index contributed by atoms with van der Waals surface area (Å²) in [6.45, 7) is 6.84. The number of thiophene rings is 1. The second kappa shape index (κ2) is 5.76. The predicted molar refractivity (Wildman–Crippen MR) is 82.1 cm³/mol. The van der Waals surface area contributed by atoms with E-state index in [2.05, 4.69) is 10.3 Å². The van der Waals surface area contributed by atoms with Gasteiger partial charge in [0.2, 0.25) is 0 Å². The molecule has 0 aliphatic carbocycles. The fourth-order valence-electron chi connectivity index (χ4n) is 1.93. The zero-order valence-corrected chi connectivity index (χ0v) is 12.7. The summed E-state index contributed by atoms with van der Waals surface area (Å²) in [5, 5.41) is 2.86. The molecule has 0 saturated carbocycles. The fraction of sp³-hybridized carbons (Fsp3) is 0.429. The second-order valence-corrected chi connectivity index (χ2v) is 6.12. The Morgan fingerprint density at radius 1 is 1.55 bits per heavy atom. The number of pyridine rings is 1. The first-order chi connectivity index (χ1) is 9.44. The number of nitrogen functional groups attached to an aromatic ring is 1. The van der Waals surface area contributed by atoms with Crippen molar-refractivity contribution in [3.8, 4) is 0 Å². The van der Waals surface area contributed by atoms with Crippen LogP contribution in [0.25, 0.3) is 10.2 Å². The van der Waals surface area contributed by atoms with Gasteiger partial charge in [0.05, 0.1) is 16.0 Å². The maximum Gasteiger partial charge on any atom is 0.263 e. The molecule has 0 unspecified atom stereocenters. The first kappa shape index (κ1) is 14.7. The average molecular weight is 293 g/mol. The lowest BCUT2D eigenvalue weighted by Gasteiger charge is -2.24. The summed E-state index contributed by atoms with van der Waals surface area (Å²) in [6.07, 6.45) is 1.67. The number of nitrogens with two attached hydrogens (primary N) is 1. The normalized spacial score (nSPS) is 11.8. The van der Waals surface area contributed by atoms with Crippen molar-refractivity contribution in [2.24, 2.45) is 0 Å². The predicted octanol–water partition coefficient (Wildman–Crippen LogP) is 2.42. The van der Waals surface area contributed by atoms with E-state index < -0.39 is 5.60 Å². The summed E-state index contributed by atoms with van der Waals surface area (Å²) in [7, 11) is 0. The zero-order chi connectivity index (χ0) is 14.8. The van der Waals surface area contributed by atoms with Gasteiger partial charge in [-0.3, -0.25) is 9.78 Å². The molecule has 0 radical (unpaired) electrons. The Morgan fingerprint density at radius 3 is 2.95 bits per heavy atom. The van der Waals surface area contributed by atoms with E-state index in [1.54, 1.807) is 6.20 Å². The number of amides is 1. The molecule has 5 nitrogen and oxygen atoms in total. The molecule has 0 aromatic carbocycles. The van der Waals surface area contributed by atoms with E-state index in [1.807, 2.05) is 32.9 Å². The topological polar surface area (TPSA) is 77.2 Å². The van der Waals surface area contributed by atoms with Gasteiger partial charge in [-0.05, 0) is 32.9 Å². The monoisotopic (exact) mass is 293 g/mol. The number of nitrogens with zero attached hydrogens (tertiary/aromatic N) is 1. The molecule has 0 fully saturated rings. The van der Waals surface area contributed by atoms with E-state index in [4.69, 9.17) is 10.5 Å². The first-order valence-corrected chi connectivity index (χ1v) is 7.31. The van der Waals surface area contributed by atoms with E-state index in [0.717, 1.165) is 4.70 Å². The lowest BCUT2D eigenvalue weighted by Crippen LogP contribution is -2.40. The molecule has 2 rings (SSSR count). The van der Waals surface area contributed by atoms with Crippen molar-refractivity contribution in [1.82, 2.24) is 10.3 Å². The molecule has 20 heavy (non-hydrogen) atoms. The molecular weight excluding hydrogens is 274 g/mol. The van der Waals surface area contributed by atoms with Crippen molar-refractivity contribution in [2.45, 2.75) is 26.4 Å². The third-order valence-corrected chi connectivity index (χ3v) is 4.06. The van der Waals surface area contributed by atoms with Crippen LogP contribution >= 0.6 is 11.3 Å². The zero-order valence-electron chi connectivity index (χ0n) is 11.9. The minimum absolute atomic E-state index is 0.182. The Labute approximate surface area is 122 Å². The Morgan fingerprint density at radius 2 is 2.30 bits per heavy atom. The molecule has 6 heteroatoms. The number of rotatable bonds is 5. The lowest BCUT2D eigenvalue weighted by atomic mass is 10.1. The van der Waals surface area contributed by atoms with Crippen LogP contribution in [0.2, 0.25) is 0 Å². The van der Waals surface area contributed by atoms with Gasteiger partial charge in [-0.25, -0.2) is 0 Å². The van der Waals surface area contributed by atoms with Gasteiger partial charge < -0.3 is 15.8 Å². The number of hydrogen-bond acceptors (Lipinski definition) is 5. The van der Waals surface area contributed by atoms with Gasteiger partial charge in [0, 0.05) is 19.3 Å². The Kier molecular flexibility index (Phi) is 4.25. The number of carbonyl (C=O) groups is 1. The molecule has 2 aromatic rings. The maximum absolute atomic E-state index is 12.2. The maximum atomic E-state index is 12.2. The summed E-state index contributed by atoms with van der Waals surface area (Å²) in [4.78, 5) is 16.9. The molecule has 0 aliphatic heterocycles. The molecule has 0 aliphatic rings. The number of aromatic nitrogens is 1. The second-order valence-electron chi connectivity index (χ2n) is 5.07. The third kappa shape index (κ3) is 3.08. The van der Waals surface area contributed by atoms with Gasteiger partial charge in [-0.15, -0.1) is 11.3 Å². The van der Waals surface area contributed by atoms with E-state index >= 15 is 0 Å². The highest BCUT2D eigenvalue weighted by Gasteiger charge is 2.22. The first-order valence-electron chi connectivity index (χ1n) is 6.50. The lowest BCUT2D eigenvalue weighted by molar-refractivity contribution is -0.00812. The van der Waals surface area contributed by atoms with Crippen LogP contribution in [0.3, 0.4) is 0 Å². The number of carbonyl (C=O) groups excluding carboxylic acids is 1. The third-order valence-electron chi connectivity index (χ3n) is 2.90. The molecule has 108 valence electrons.